The highest BCUT2D eigenvalue weighted by Crippen LogP contribution is 2.18. The van der Waals surface area contributed by atoms with Crippen molar-refractivity contribution in [3.63, 3.8) is 0 Å². The number of carbonyl (C=O) groups excluding carboxylic acids is 2. The van der Waals surface area contributed by atoms with Gasteiger partial charge >= 0.3 is 12.0 Å². The third-order valence-corrected chi connectivity index (χ3v) is 3.74. The molecule has 0 fully saturated rings. The highest BCUT2D eigenvalue weighted by Gasteiger charge is 2.20. The molecular formula is C16H21N3O4. The minimum Gasteiger partial charge on any atom is -0.481 e. The number of aliphatic carboxylic acids is 1. The van der Waals surface area contributed by atoms with Crippen LogP contribution >= 0.6 is 0 Å². The second kappa shape index (κ2) is 8.17. The first-order valence-electron chi connectivity index (χ1n) is 7.64. The molecule has 0 unspecified atom stereocenters. The topological polar surface area (TPSA) is 98.7 Å². The summed E-state index contributed by atoms with van der Waals surface area (Å²) in [6.07, 6.45) is 1.19. The van der Waals surface area contributed by atoms with E-state index in [1.807, 2.05) is 18.2 Å². The molecule has 1 aromatic rings. The zero-order valence-corrected chi connectivity index (χ0v) is 12.9. The fourth-order valence-corrected chi connectivity index (χ4v) is 2.48. The van der Waals surface area contributed by atoms with Crippen LogP contribution in [0.15, 0.2) is 24.3 Å². The van der Waals surface area contributed by atoms with Crippen LogP contribution in [-0.4, -0.2) is 47.5 Å². The van der Waals surface area contributed by atoms with Gasteiger partial charge in [0.25, 0.3) is 0 Å². The van der Waals surface area contributed by atoms with E-state index in [1.54, 1.807) is 4.90 Å². The molecule has 0 atom stereocenters. The third kappa shape index (κ3) is 5.28. The fraction of sp³-hybridized carbons (Fsp3) is 0.438. The number of hydrogen-bond donors (Lipinski definition) is 3. The number of fused-ring (bicyclic) bond motifs is 1. The van der Waals surface area contributed by atoms with E-state index in [4.69, 9.17) is 5.11 Å². The van der Waals surface area contributed by atoms with E-state index in [1.165, 1.54) is 5.56 Å². The van der Waals surface area contributed by atoms with Crippen LogP contribution in [0.2, 0.25) is 0 Å². The maximum Gasteiger partial charge on any atom is 0.315 e. The van der Waals surface area contributed by atoms with E-state index in [0.717, 1.165) is 12.0 Å². The van der Waals surface area contributed by atoms with Crippen LogP contribution in [0.3, 0.4) is 0 Å². The Morgan fingerprint density at radius 1 is 1.13 bits per heavy atom. The Morgan fingerprint density at radius 3 is 2.61 bits per heavy atom. The Labute approximate surface area is 134 Å². The summed E-state index contributed by atoms with van der Waals surface area (Å²) in [5.41, 5.74) is 2.41. The zero-order valence-electron chi connectivity index (χ0n) is 12.9. The van der Waals surface area contributed by atoms with Crippen molar-refractivity contribution in [3.05, 3.63) is 35.4 Å². The predicted molar refractivity (Wildman–Crippen MR) is 83.8 cm³/mol. The molecule has 0 bridgehead atoms. The van der Waals surface area contributed by atoms with Gasteiger partial charge in [-0.3, -0.25) is 9.59 Å². The van der Waals surface area contributed by atoms with Crippen molar-refractivity contribution in [1.82, 2.24) is 15.5 Å². The fourth-order valence-electron chi connectivity index (χ4n) is 2.48. The van der Waals surface area contributed by atoms with E-state index in [-0.39, 0.29) is 25.4 Å². The molecule has 7 nitrogen and oxygen atoms in total. The molecule has 0 radical (unpaired) electrons. The average molecular weight is 319 g/mol. The Balaban J connectivity index is 1.69. The minimum atomic E-state index is -0.896. The standard InChI is InChI=1S/C16H21N3O4/c20-14(10-18-16(23)17-8-3-6-15(21)22)19-9-7-12-4-1-2-5-13(12)11-19/h1-2,4-5H,3,6-11H2,(H,21,22)(H2,17,18,23). The Hall–Kier alpha value is -2.57. The Bertz CT molecular complexity index is 588. The molecule has 0 saturated heterocycles. The molecule has 0 aliphatic carbocycles. The number of hydrogen-bond acceptors (Lipinski definition) is 3. The van der Waals surface area contributed by atoms with Gasteiger partial charge in [-0.25, -0.2) is 4.79 Å². The van der Waals surface area contributed by atoms with Gasteiger partial charge in [-0.1, -0.05) is 24.3 Å². The first-order valence-corrected chi connectivity index (χ1v) is 7.64. The largest absolute Gasteiger partial charge is 0.481 e. The summed E-state index contributed by atoms with van der Waals surface area (Å²) in [6.45, 7) is 1.42. The summed E-state index contributed by atoms with van der Waals surface area (Å²) in [5, 5.41) is 13.5. The van der Waals surface area contributed by atoms with Crippen molar-refractivity contribution in [3.8, 4) is 0 Å². The number of carboxylic acids is 1. The molecule has 124 valence electrons. The lowest BCUT2D eigenvalue weighted by Crippen LogP contribution is -2.45. The minimum absolute atomic E-state index is 0.00635. The Morgan fingerprint density at radius 2 is 1.87 bits per heavy atom. The summed E-state index contributed by atoms with van der Waals surface area (Å²) < 4.78 is 0. The maximum atomic E-state index is 12.1. The number of carbonyl (C=O) groups is 3. The predicted octanol–water partition coefficient (Wildman–Crippen LogP) is 0.735. The summed E-state index contributed by atoms with van der Waals surface area (Å²) in [4.78, 5) is 35.7. The van der Waals surface area contributed by atoms with Crippen molar-refractivity contribution < 1.29 is 19.5 Å². The number of nitrogens with zero attached hydrogens (tertiary/aromatic N) is 1. The number of amides is 3. The van der Waals surface area contributed by atoms with Crippen LogP contribution in [-0.2, 0) is 22.6 Å². The summed E-state index contributed by atoms with van der Waals surface area (Å²) in [5.74, 6) is -1.02. The van der Waals surface area contributed by atoms with E-state index >= 15 is 0 Å². The normalized spacial score (nSPS) is 13.1. The monoisotopic (exact) mass is 319 g/mol. The molecule has 2 rings (SSSR count). The molecule has 1 heterocycles. The van der Waals surface area contributed by atoms with E-state index in [2.05, 4.69) is 16.7 Å². The van der Waals surface area contributed by atoms with Gasteiger partial charge in [0.2, 0.25) is 5.91 Å². The molecule has 23 heavy (non-hydrogen) atoms. The molecule has 1 aromatic carbocycles. The maximum absolute atomic E-state index is 12.1. The molecule has 0 saturated carbocycles. The van der Waals surface area contributed by atoms with E-state index < -0.39 is 12.0 Å². The number of rotatable bonds is 6. The van der Waals surface area contributed by atoms with Gasteiger partial charge in [0, 0.05) is 26.1 Å². The molecule has 1 aliphatic heterocycles. The molecule has 3 N–H and O–H groups in total. The number of urea groups is 1. The Kier molecular flexibility index (Phi) is 5.96. The van der Waals surface area contributed by atoms with Crippen molar-refractivity contribution in [2.24, 2.45) is 0 Å². The summed E-state index contributed by atoms with van der Waals surface area (Å²) >= 11 is 0. The van der Waals surface area contributed by atoms with Gasteiger partial charge in [-0.05, 0) is 24.0 Å². The van der Waals surface area contributed by atoms with Gasteiger partial charge < -0.3 is 20.6 Å². The lowest BCUT2D eigenvalue weighted by molar-refractivity contribution is -0.137. The molecule has 7 heteroatoms. The second-order valence-corrected chi connectivity index (χ2v) is 5.44. The first kappa shape index (κ1) is 16.8. The van der Waals surface area contributed by atoms with E-state index in [0.29, 0.717) is 19.5 Å². The van der Waals surface area contributed by atoms with Crippen LogP contribution < -0.4 is 10.6 Å². The van der Waals surface area contributed by atoms with Crippen LogP contribution in [0.5, 0.6) is 0 Å². The van der Waals surface area contributed by atoms with Crippen LogP contribution in [0, 0.1) is 0 Å². The van der Waals surface area contributed by atoms with Crippen molar-refractivity contribution in [2.75, 3.05) is 19.6 Å². The number of nitrogens with one attached hydrogen (secondary N) is 2. The molecule has 1 aliphatic rings. The van der Waals surface area contributed by atoms with Crippen molar-refractivity contribution in [1.29, 1.82) is 0 Å². The molecule has 0 spiro atoms. The first-order chi connectivity index (χ1) is 11.1. The SMILES string of the molecule is O=C(O)CCCNC(=O)NCC(=O)N1CCc2ccccc2C1. The van der Waals surface area contributed by atoms with Crippen LogP contribution in [0.1, 0.15) is 24.0 Å². The molecule has 3 amide bonds. The van der Waals surface area contributed by atoms with Gasteiger partial charge in [-0.2, -0.15) is 0 Å². The zero-order chi connectivity index (χ0) is 16.7. The third-order valence-electron chi connectivity index (χ3n) is 3.74. The summed E-state index contributed by atoms with van der Waals surface area (Å²) in [6, 6.07) is 7.57. The van der Waals surface area contributed by atoms with Gasteiger partial charge in [-0.15, -0.1) is 0 Å². The van der Waals surface area contributed by atoms with Gasteiger partial charge in [0.15, 0.2) is 0 Å². The lowest BCUT2D eigenvalue weighted by Gasteiger charge is -2.29. The highest BCUT2D eigenvalue weighted by molar-refractivity contribution is 5.84. The van der Waals surface area contributed by atoms with Crippen LogP contribution in [0.4, 0.5) is 4.79 Å². The number of carboxylic acid groups (broad SMARTS) is 1. The quantitative estimate of drug-likeness (QED) is 0.673. The van der Waals surface area contributed by atoms with E-state index in [9.17, 15) is 14.4 Å². The summed E-state index contributed by atoms with van der Waals surface area (Å²) in [7, 11) is 0. The smallest absolute Gasteiger partial charge is 0.315 e. The van der Waals surface area contributed by atoms with Gasteiger partial charge in [0.05, 0.1) is 6.54 Å². The second-order valence-electron chi connectivity index (χ2n) is 5.44. The van der Waals surface area contributed by atoms with Crippen LogP contribution in [0.25, 0.3) is 0 Å². The average Bonchev–Trinajstić information content (AvgIpc) is 2.56. The van der Waals surface area contributed by atoms with Gasteiger partial charge in [0.1, 0.15) is 0 Å². The molecule has 0 aromatic heterocycles. The number of benzene rings is 1. The van der Waals surface area contributed by atoms with Crippen molar-refractivity contribution >= 4 is 17.9 Å². The highest BCUT2D eigenvalue weighted by atomic mass is 16.4. The van der Waals surface area contributed by atoms with Crippen molar-refractivity contribution in [2.45, 2.75) is 25.8 Å². The molecular weight excluding hydrogens is 298 g/mol. The lowest BCUT2D eigenvalue weighted by atomic mass is 10.00.